The SMILES string of the molecule is COCC(C)CC(O)CCC(C)(C)C. The first-order valence-electron chi connectivity index (χ1n) is 5.52. The third kappa shape index (κ3) is 8.52. The molecule has 0 aromatic carbocycles. The van der Waals surface area contributed by atoms with Crippen molar-refractivity contribution in [3.05, 3.63) is 0 Å². The quantitative estimate of drug-likeness (QED) is 0.717. The maximum absolute atomic E-state index is 9.75. The van der Waals surface area contributed by atoms with Gasteiger partial charge in [0, 0.05) is 13.7 Å². The second kappa shape index (κ2) is 6.41. The summed E-state index contributed by atoms with van der Waals surface area (Å²) in [5.74, 6) is 0.454. The van der Waals surface area contributed by atoms with Gasteiger partial charge in [0.25, 0.3) is 0 Å². The van der Waals surface area contributed by atoms with E-state index >= 15 is 0 Å². The van der Waals surface area contributed by atoms with E-state index in [0.717, 1.165) is 25.9 Å². The second-order valence-electron chi connectivity index (χ2n) is 5.55. The predicted molar refractivity (Wildman–Crippen MR) is 60.4 cm³/mol. The minimum Gasteiger partial charge on any atom is -0.393 e. The Labute approximate surface area is 88.7 Å². The van der Waals surface area contributed by atoms with Crippen molar-refractivity contribution in [2.24, 2.45) is 11.3 Å². The van der Waals surface area contributed by atoms with Crippen LogP contribution in [0.25, 0.3) is 0 Å². The summed E-state index contributed by atoms with van der Waals surface area (Å²) in [7, 11) is 1.71. The highest BCUT2D eigenvalue weighted by Gasteiger charge is 2.15. The molecule has 86 valence electrons. The van der Waals surface area contributed by atoms with Gasteiger partial charge in [-0.15, -0.1) is 0 Å². The van der Waals surface area contributed by atoms with Gasteiger partial charge in [-0.3, -0.25) is 0 Å². The van der Waals surface area contributed by atoms with Gasteiger partial charge in [0.2, 0.25) is 0 Å². The van der Waals surface area contributed by atoms with Crippen molar-refractivity contribution in [1.29, 1.82) is 0 Å². The van der Waals surface area contributed by atoms with Crippen LogP contribution in [0.5, 0.6) is 0 Å². The third-order valence-electron chi connectivity index (χ3n) is 2.35. The minimum absolute atomic E-state index is 0.167. The summed E-state index contributed by atoms with van der Waals surface area (Å²) in [5.41, 5.74) is 0.325. The van der Waals surface area contributed by atoms with Crippen molar-refractivity contribution < 1.29 is 9.84 Å². The Morgan fingerprint density at radius 3 is 2.29 bits per heavy atom. The number of ether oxygens (including phenoxy) is 1. The highest BCUT2D eigenvalue weighted by Crippen LogP contribution is 2.23. The Balaban J connectivity index is 3.59. The van der Waals surface area contributed by atoms with E-state index in [-0.39, 0.29) is 6.10 Å². The van der Waals surface area contributed by atoms with E-state index in [9.17, 15) is 5.11 Å². The molecule has 1 N–H and O–H groups in total. The van der Waals surface area contributed by atoms with Crippen LogP contribution >= 0.6 is 0 Å². The molecule has 0 saturated heterocycles. The van der Waals surface area contributed by atoms with Gasteiger partial charge in [-0.1, -0.05) is 27.7 Å². The Hall–Kier alpha value is -0.0800. The van der Waals surface area contributed by atoms with Crippen LogP contribution in [0.2, 0.25) is 0 Å². The van der Waals surface area contributed by atoms with E-state index in [1.807, 2.05) is 0 Å². The Morgan fingerprint density at radius 2 is 1.86 bits per heavy atom. The average Bonchev–Trinajstić information content (AvgIpc) is 2.00. The highest BCUT2D eigenvalue weighted by atomic mass is 16.5. The maximum atomic E-state index is 9.75. The molecule has 0 amide bonds. The summed E-state index contributed by atoms with van der Waals surface area (Å²) in [6, 6.07) is 0. The molecule has 0 aromatic rings. The molecule has 0 aliphatic carbocycles. The van der Waals surface area contributed by atoms with Crippen molar-refractivity contribution in [1.82, 2.24) is 0 Å². The number of aliphatic hydroxyl groups excluding tert-OH is 1. The molecule has 2 heteroatoms. The Bertz CT molecular complexity index is 138. The van der Waals surface area contributed by atoms with Crippen molar-refractivity contribution >= 4 is 0 Å². The first-order chi connectivity index (χ1) is 6.35. The lowest BCUT2D eigenvalue weighted by atomic mass is 9.88. The molecule has 0 bridgehead atoms. The topological polar surface area (TPSA) is 29.5 Å². The fourth-order valence-electron chi connectivity index (χ4n) is 1.53. The van der Waals surface area contributed by atoms with Gasteiger partial charge in [-0.2, -0.15) is 0 Å². The molecule has 0 saturated carbocycles. The lowest BCUT2D eigenvalue weighted by Crippen LogP contribution is -2.17. The van der Waals surface area contributed by atoms with Gasteiger partial charge < -0.3 is 9.84 Å². The minimum atomic E-state index is -0.167. The molecule has 2 nitrogen and oxygen atoms in total. The fourth-order valence-corrected chi connectivity index (χ4v) is 1.53. The van der Waals surface area contributed by atoms with Crippen molar-refractivity contribution in [2.45, 2.75) is 53.1 Å². The molecule has 0 aromatic heterocycles. The zero-order chi connectivity index (χ0) is 11.2. The number of hydrogen-bond donors (Lipinski definition) is 1. The summed E-state index contributed by atoms with van der Waals surface area (Å²) in [6.45, 7) is 9.48. The van der Waals surface area contributed by atoms with Crippen LogP contribution in [0.4, 0.5) is 0 Å². The zero-order valence-electron chi connectivity index (χ0n) is 10.3. The van der Waals surface area contributed by atoms with E-state index in [4.69, 9.17) is 4.74 Å². The first kappa shape index (κ1) is 13.9. The summed E-state index contributed by atoms with van der Waals surface area (Å²) in [5, 5.41) is 9.75. The van der Waals surface area contributed by atoms with Gasteiger partial charge >= 0.3 is 0 Å². The molecule has 0 fully saturated rings. The smallest absolute Gasteiger partial charge is 0.0543 e. The monoisotopic (exact) mass is 202 g/mol. The molecule has 0 radical (unpaired) electrons. The van der Waals surface area contributed by atoms with E-state index in [2.05, 4.69) is 27.7 Å². The summed E-state index contributed by atoms with van der Waals surface area (Å²) < 4.78 is 5.04. The number of hydrogen-bond acceptors (Lipinski definition) is 2. The van der Waals surface area contributed by atoms with Crippen LogP contribution in [0, 0.1) is 11.3 Å². The summed E-state index contributed by atoms with van der Waals surface area (Å²) >= 11 is 0. The first-order valence-corrected chi connectivity index (χ1v) is 5.52. The van der Waals surface area contributed by atoms with Crippen molar-refractivity contribution in [2.75, 3.05) is 13.7 Å². The lowest BCUT2D eigenvalue weighted by Gasteiger charge is -2.21. The standard InChI is InChI=1S/C12H26O2/c1-10(9-14-5)8-11(13)6-7-12(2,3)4/h10-11,13H,6-9H2,1-5H3. The van der Waals surface area contributed by atoms with E-state index in [0.29, 0.717) is 11.3 Å². The van der Waals surface area contributed by atoms with Gasteiger partial charge in [0.1, 0.15) is 0 Å². The van der Waals surface area contributed by atoms with Gasteiger partial charge in [0.15, 0.2) is 0 Å². The van der Waals surface area contributed by atoms with Crippen LogP contribution in [0.1, 0.15) is 47.0 Å². The number of methoxy groups -OCH3 is 1. The van der Waals surface area contributed by atoms with E-state index < -0.39 is 0 Å². The molecule has 0 spiro atoms. The van der Waals surface area contributed by atoms with E-state index in [1.54, 1.807) is 7.11 Å². The number of aliphatic hydroxyl groups is 1. The van der Waals surface area contributed by atoms with Crippen LogP contribution < -0.4 is 0 Å². The lowest BCUT2D eigenvalue weighted by molar-refractivity contribution is 0.0886. The van der Waals surface area contributed by atoms with Gasteiger partial charge in [-0.25, -0.2) is 0 Å². The molecule has 0 aliphatic heterocycles. The van der Waals surface area contributed by atoms with Crippen molar-refractivity contribution in [3.8, 4) is 0 Å². The largest absolute Gasteiger partial charge is 0.393 e. The van der Waals surface area contributed by atoms with Gasteiger partial charge in [-0.05, 0) is 30.6 Å². The van der Waals surface area contributed by atoms with Crippen molar-refractivity contribution in [3.63, 3.8) is 0 Å². The van der Waals surface area contributed by atoms with Crippen LogP contribution in [-0.2, 0) is 4.74 Å². The van der Waals surface area contributed by atoms with Crippen LogP contribution in [0.15, 0.2) is 0 Å². The molecule has 0 aliphatic rings. The van der Waals surface area contributed by atoms with Crippen LogP contribution in [-0.4, -0.2) is 24.9 Å². The summed E-state index contributed by atoms with van der Waals surface area (Å²) in [4.78, 5) is 0. The normalized spacial score (nSPS) is 16.7. The molecule has 0 heterocycles. The maximum Gasteiger partial charge on any atom is 0.0543 e. The zero-order valence-corrected chi connectivity index (χ0v) is 10.3. The predicted octanol–water partition coefficient (Wildman–Crippen LogP) is 2.85. The average molecular weight is 202 g/mol. The molecular formula is C12H26O2. The summed E-state index contributed by atoms with van der Waals surface area (Å²) in [6.07, 6.45) is 2.66. The molecule has 2 atom stereocenters. The fraction of sp³-hybridized carbons (Fsp3) is 1.00. The van der Waals surface area contributed by atoms with Crippen LogP contribution in [0.3, 0.4) is 0 Å². The molecule has 0 rings (SSSR count). The Kier molecular flexibility index (Phi) is 6.38. The number of rotatable bonds is 6. The Morgan fingerprint density at radius 1 is 1.29 bits per heavy atom. The molecular weight excluding hydrogens is 176 g/mol. The highest BCUT2D eigenvalue weighted by molar-refractivity contribution is 4.67. The second-order valence-corrected chi connectivity index (χ2v) is 5.55. The third-order valence-corrected chi connectivity index (χ3v) is 2.35. The van der Waals surface area contributed by atoms with E-state index in [1.165, 1.54) is 0 Å². The van der Waals surface area contributed by atoms with Gasteiger partial charge in [0.05, 0.1) is 6.10 Å². The molecule has 2 unspecified atom stereocenters. The molecule has 14 heavy (non-hydrogen) atoms.